The molecule has 0 aliphatic carbocycles. The summed E-state index contributed by atoms with van der Waals surface area (Å²) in [7, 11) is 0.535. The summed E-state index contributed by atoms with van der Waals surface area (Å²) in [5, 5.41) is 0. The summed E-state index contributed by atoms with van der Waals surface area (Å²) in [4.78, 5) is 0. The predicted octanol–water partition coefficient (Wildman–Crippen LogP) is 2.87. The lowest BCUT2D eigenvalue weighted by atomic mass is 10.6. The van der Waals surface area contributed by atoms with E-state index in [0.717, 1.165) is 0 Å². The number of allylic oxidation sites excluding steroid dienone is 1. The fourth-order valence-electron chi connectivity index (χ4n) is 1.64. The topological polar surface area (TPSA) is 0 Å². The molecule has 0 bridgehead atoms. The summed E-state index contributed by atoms with van der Waals surface area (Å²) in [6.45, 7) is 6.38. The van der Waals surface area contributed by atoms with Gasteiger partial charge in [0.15, 0.2) is 0 Å². The van der Waals surface area contributed by atoms with E-state index in [4.69, 9.17) is 0 Å². The molecule has 1 aliphatic rings. The Morgan fingerprint density at radius 2 is 2.50 bits per heavy atom. The molecular weight excluding hydrogens is 155 g/mol. The van der Waals surface area contributed by atoms with Crippen molar-refractivity contribution in [2.24, 2.45) is 0 Å². The highest BCUT2D eigenvalue weighted by Crippen LogP contribution is 2.32. The van der Waals surface area contributed by atoms with Crippen molar-refractivity contribution < 1.29 is 0 Å². The van der Waals surface area contributed by atoms with Gasteiger partial charge in [0.1, 0.15) is 0 Å². The van der Waals surface area contributed by atoms with Gasteiger partial charge in [0.05, 0.1) is 8.07 Å². The molecular formula is C8H17PSi. The molecule has 58 valence electrons. The molecule has 0 radical (unpaired) electrons. The van der Waals surface area contributed by atoms with Crippen molar-refractivity contribution in [3.8, 4) is 0 Å². The highest BCUT2D eigenvalue weighted by Gasteiger charge is 2.26. The van der Waals surface area contributed by atoms with Crippen LogP contribution < -0.4 is 0 Å². The second-order valence-corrected chi connectivity index (χ2v) is 10.5. The third kappa shape index (κ3) is 2.21. The molecule has 0 saturated carbocycles. The Balaban J connectivity index is 2.39. The third-order valence-corrected chi connectivity index (χ3v) is 10.3. The first-order chi connectivity index (χ1) is 4.77. The average molecular weight is 172 g/mol. The Morgan fingerprint density at radius 3 is 3.00 bits per heavy atom. The lowest BCUT2D eigenvalue weighted by Gasteiger charge is -2.30. The molecule has 1 rings (SSSR count). The third-order valence-electron chi connectivity index (χ3n) is 2.32. The first-order valence-electron chi connectivity index (χ1n) is 4.08. The maximum absolute atomic E-state index is 3.84. The lowest BCUT2D eigenvalue weighted by molar-refractivity contribution is 1.03. The van der Waals surface area contributed by atoms with Gasteiger partial charge in [-0.1, -0.05) is 25.1 Å². The summed E-state index contributed by atoms with van der Waals surface area (Å²) >= 11 is 0. The molecule has 0 aromatic carbocycles. The van der Waals surface area contributed by atoms with E-state index >= 15 is 0 Å². The molecule has 0 aromatic rings. The molecule has 0 spiro atoms. The van der Waals surface area contributed by atoms with Gasteiger partial charge in [-0.05, 0) is 18.0 Å². The fourth-order valence-corrected chi connectivity index (χ4v) is 8.76. The van der Waals surface area contributed by atoms with Crippen LogP contribution in [0.2, 0.25) is 18.6 Å². The van der Waals surface area contributed by atoms with Gasteiger partial charge in [0.25, 0.3) is 0 Å². The van der Waals surface area contributed by atoms with Gasteiger partial charge in [0.2, 0.25) is 0 Å². The maximum Gasteiger partial charge on any atom is 0.0582 e. The van der Waals surface area contributed by atoms with Crippen LogP contribution in [0.5, 0.6) is 0 Å². The minimum Gasteiger partial charge on any atom is -0.125 e. The summed E-state index contributed by atoms with van der Waals surface area (Å²) in [5.41, 5.74) is 0. The molecule has 1 saturated heterocycles. The number of hydrogen-bond donors (Lipinski definition) is 0. The largest absolute Gasteiger partial charge is 0.125 e. The molecule has 1 aliphatic heterocycles. The summed E-state index contributed by atoms with van der Waals surface area (Å²) in [6.07, 6.45) is 5.16. The van der Waals surface area contributed by atoms with Gasteiger partial charge in [-0.3, -0.25) is 0 Å². The van der Waals surface area contributed by atoms with Crippen molar-refractivity contribution in [3.63, 3.8) is 0 Å². The van der Waals surface area contributed by atoms with Crippen molar-refractivity contribution in [1.29, 1.82) is 0 Å². The normalized spacial score (nSPS) is 36.1. The summed E-state index contributed by atoms with van der Waals surface area (Å²) in [6, 6.07) is 2.92. The van der Waals surface area contributed by atoms with Crippen LogP contribution in [0.4, 0.5) is 0 Å². The Labute approximate surface area is 66.9 Å². The highest BCUT2D eigenvalue weighted by atomic mass is 31.1. The zero-order valence-corrected chi connectivity index (χ0v) is 8.82. The Kier molecular flexibility index (Phi) is 3.13. The van der Waals surface area contributed by atoms with Gasteiger partial charge in [-0.15, -0.1) is 15.2 Å². The molecule has 2 heteroatoms. The van der Waals surface area contributed by atoms with E-state index in [1.165, 1.54) is 27.2 Å². The van der Waals surface area contributed by atoms with Gasteiger partial charge >= 0.3 is 0 Å². The van der Waals surface area contributed by atoms with E-state index in [9.17, 15) is 0 Å². The maximum atomic E-state index is 3.84. The quantitative estimate of drug-likeness (QED) is 0.341. The van der Waals surface area contributed by atoms with Gasteiger partial charge in [-0.2, -0.15) is 0 Å². The Hall–Kier alpha value is 0.387. The summed E-state index contributed by atoms with van der Waals surface area (Å²) in [5.74, 6) is 1.58. The number of rotatable bonds is 2. The smallest absolute Gasteiger partial charge is 0.0582 e. The molecule has 10 heavy (non-hydrogen) atoms. The molecule has 0 N–H and O–H groups in total. The zero-order chi connectivity index (χ0) is 7.45. The van der Waals surface area contributed by atoms with Crippen LogP contribution >= 0.6 is 8.58 Å². The minimum absolute atomic E-state index is 0.742. The van der Waals surface area contributed by atoms with Crippen LogP contribution in [-0.4, -0.2) is 20.0 Å². The first kappa shape index (κ1) is 8.48. The van der Waals surface area contributed by atoms with Crippen molar-refractivity contribution >= 4 is 16.7 Å². The van der Waals surface area contributed by atoms with Crippen LogP contribution in [0.3, 0.4) is 0 Å². The lowest BCUT2D eigenvalue weighted by Crippen LogP contribution is -2.35. The monoisotopic (exact) mass is 172 g/mol. The standard InChI is InChI=1S/C8H17PSi/c1-3-6-10(2)7-4-5-9-8-10/h3,9H,1,4-8H2,2H3. The molecule has 2 atom stereocenters. The van der Waals surface area contributed by atoms with Crippen molar-refractivity contribution in [3.05, 3.63) is 12.7 Å². The second kappa shape index (κ2) is 3.68. The van der Waals surface area contributed by atoms with Gasteiger partial charge < -0.3 is 0 Å². The average Bonchev–Trinajstić information content (AvgIpc) is 1.89. The van der Waals surface area contributed by atoms with E-state index in [2.05, 4.69) is 19.2 Å². The zero-order valence-electron chi connectivity index (χ0n) is 6.82. The Morgan fingerprint density at radius 1 is 1.70 bits per heavy atom. The molecule has 1 heterocycles. The first-order valence-corrected chi connectivity index (χ1v) is 8.62. The second-order valence-electron chi connectivity index (χ2n) is 3.58. The molecule has 0 nitrogen and oxygen atoms in total. The molecule has 0 aromatic heterocycles. The van der Waals surface area contributed by atoms with E-state index in [1.54, 1.807) is 11.8 Å². The Bertz CT molecular complexity index is 116. The van der Waals surface area contributed by atoms with Crippen LogP contribution in [0, 0.1) is 0 Å². The van der Waals surface area contributed by atoms with E-state index < -0.39 is 8.07 Å². The predicted molar refractivity (Wildman–Crippen MR) is 54.1 cm³/mol. The SMILES string of the molecule is C=CC[Si]1(C)CCCPC1. The van der Waals surface area contributed by atoms with E-state index in [1.807, 2.05) is 0 Å². The van der Waals surface area contributed by atoms with Crippen LogP contribution in [0.25, 0.3) is 0 Å². The van der Waals surface area contributed by atoms with E-state index in [0.29, 0.717) is 0 Å². The van der Waals surface area contributed by atoms with Crippen LogP contribution in [0.15, 0.2) is 12.7 Å². The van der Waals surface area contributed by atoms with E-state index in [-0.39, 0.29) is 0 Å². The van der Waals surface area contributed by atoms with Crippen molar-refractivity contribution in [1.82, 2.24) is 0 Å². The summed E-state index contributed by atoms with van der Waals surface area (Å²) < 4.78 is 0. The minimum atomic E-state index is -0.742. The molecule has 1 fully saturated rings. The van der Waals surface area contributed by atoms with Crippen molar-refractivity contribution in [2.45, 2.75) is 25.1 Å². The van der Waals surface area contributed by atoms with Gasteiger partial charge in [-0.25, -0.2) is 0 Å². The molecule has 2 unspecified atom stereocenters. The van der Waals surface area contributed by atoms with Crippen LogP contribution in [0.1, 0.15) is 6.42 Å². The van der Waals surface area contributed by atoms with Crippen molar-refractivity contribution in [2.75, 3.05) is 11.9 Å². The van der Waals surface area contributed by atoms with Crippen LogP contribution in [-0.2, 0) is 0 Å². The number of hydrogen-bond acceptors (Lipinski definition) is 0. The highest BCUT2D eigenvalue weighted by molar-refractivity contribution is 7.42. The van der Waals surface area contributed by atoms with Gasteiger partial charge in [0, 0.05) is 0 Å². The molecule has 0 amide bonds. The fraction of sp³-hybridized carbons (Fsp3) is 0.750.